The zero-order valence-corrected chi connectivity index (χ0v) is 14.6. The molecule has 0 aromatic heterocycles. The minimum Gasteiger partial charge on any atom is -1.00 e. The van der Waals surface area contributed by atoms with Crippen molar-refractivity contribution in [3.63, 3.8) is 0 Å². The fourth-order valence-corrected chi connectivity index (χ4v) is 0. The van der Waals surface area contributed by atoms with E-state index in [1.165, 1.54) is 0 Å². The van der Waals surface area contributed by atoms with E-state index < -0.39 is 18.3 Å². The first-order valence-corrected chi connectivity index (χ1v) is 3.91. The van der Waals surface area contributed by atoms with Crippen LogP contribution in [0.2, 0.25) is 0 Å². The first-order valence-electron chi connectivity index (χ1n) is 1.30. The fraction of sp³-hybridized carbons (Fsp3) is 0. The second-order valence-electron chi connectivity index (χ2n) is 0.565. The van der Waals surface area contributed by atoms with Crippen LogP contribution in [0.3, 0.4) is 0 Å². The smallest absolute Gasteiger partial charge is 1.00 e. The molecule has 4 N–H and O–H groups in total. The second kappa shape index (κ2) is 22.8. The third-order valence-electron chi connectivity index (χ3n) is 0. The maximum atomic E-state index is 8.74. The predicted molar refractivity (Wildman–Crippen MR) is 25.1 cm³/mol. The summed E-state index contributed by atoms with van der Waals surface area (Å²) in [5, 5.41) is 0. The van der Waals surface area contributed by atoms with Crippen LogP contribution >= 0.6 is 0 Å². The second-order valence-corrected chi connectivity index (χ2v) is 1.70. The minimum absolute atomic E-state index is 0. The van der Waals surface area contributed by atoms with Gasteiger partial charge in [-0.05, 0) is 0 Å². The van der Waals surface area contributed by atoms with Crippen LogP contribution in [-0.4, -0.2) is 37.5 Å². The van der Waals surface area contributed by atoms with Gasteiger partial charge in [0.05, 0.1) is 0 Å². The molecule has 11 heavy (non-hydrogen) atoms. The zero-order valence-electron chi connectivity index (χ0n) is 9.61. The van der Waals surface area contributed by atoms with Crippen LogP contribution in [0, 0.1) is 0 Å². The van der Waals surface area contributed by atoms with Gasteiger partial charge in [0, 0.05) is 0 Å². The Balaban J connectivity index is -0.00000000600. The Labute approximate surface area is 137 Å². The van der Waals surface area contributed by atoms with Gasteiger partial charge < -0.3 is 23.5 Å². The van der Waals surface area contributed by atoms with Gasteiger partial charge in [-0.3, -0.25) is 8.92 Å². The first kappa shape index (κ1) is 29.2. The van der Waals surface area contributed by atoms with Crippen molar-refractivity contribution in [2.45, 2.75) is 0 Å². The Morgan fingerprint density at radius 1 is 0.727 bits per heavy atom. The van der Waals surface area contributed by atoms with Crippen molar-refractivity contribution in [2.24, 2.45) is 0 Å². The molecule has 0 rings (SSSR count). The third-order valence-corrected chi connectivity index (χ3v) is 0. The Kier molecular flexibility index (Phi) is 60.5. The van der Waals surface area contributed by atoms with Crippen molar-refractivity contribution in [2.75, 3.05) is 0 Å². The summed E-state index contributed by atoms with van der Waals surface area (Å²) < 4.78 is 17.5. The van der Waals surface area contributed by atoms with Gasteiger partial charge in [0.1, 0.15) is 0 Å². The van der Waals surface area contributed by atoms with Gasteiger partial charge in [-0.25, -0.2) is 0 Å². The quantitative estimate of drug-likeness (QED) is 0.306. The fourth-order valence-electron chi connectivity index (χ4n) is 0. The van der Waals surface area contributed by atoms with Crippen LogP contribution in [-0.2, 0) is 8.92 Å². The number of hydrogen-bond donors (Lipinski definition) is 4. The summed E-state index contributed by atoms with van der Waals surface area (Å²) in [6.45, 7) is 0. The molecule has 0 aromatic rings. The molecule has 6 nitrogen and oxygen atoms in total. The monoisotopic (exact) mass is 228 g/mol. The van der Waals surface area contributed by atoms with E-state index in [0.717, 1.165) is 0 Å². The van der Waals surface area contributed by atoms with E-state index >= 15 is 0 Å². The molecule has 0 aliphatic rings. The Morgan fingerprint density at radius 3 is 0.727 bits per heavy atom. The van der Waals surface area contributed by atoms with Crippen LogP contribution < -0.4 is 88.7 Å². The minimum atomic E-state index is -3.13. The Morgan fingerprint density at radius 2 is 0.727 bits per heavy atom. The van der Waals surface area contributed by atoms with Gasteiger partial charge in [-0.1, -0.05) is 0 Å². The molecule has 0 amide bonds. The SMILES string of the molecule is O=[Si](O)O.O=[Si](O)O.[H-].[H-].[H-].[Na+].[Na+].[Na+]. The average molecular weight is 228 g/mol. The average Bonchev–Trinajstić information content (AvgIpc) is 1.25. The molecule has 11 heteroatoms. The summed E-state index contributed by atoms with van der Waals surface area (Å²) in [5.41, 5.74) is 0. The van der Waals surface area contributed by atoms with Crippen LogP contribution in [0.25, 0.3) is 0 Å². The largest absolute Gasteiger partial charge is 1.00 e. The van der Waals surface area contributed by atoms with Crippen molar-refractivity contribution in [3.8, 4) is 0 Å². The van der Waals surface area contributed by atoms with E-state index in [-0.39, 0.29) is 93.0 Å². The van der Waals surface area contributed by atoms with Crippen LogP contribution in [0.5, 0.6) is 0 Å². The van der Waals surface area contributed by atoms with Crippen molar-refractivity contribution in [1.82, 2.24) is 0 Å². The predicted octanol–water partition coefficient (Wildman–Crippen LogP) is -11.9. The molecule has 0 aromatic carbocycles. The molecule has 0 spiro atoms. The maximum absolute atomic E-state index is 8.74. The van der Waals surface area contributed by atoms with Gasteiger partial charge >= 0.3 is 107 Å². The van der Waals surface area contributed by atoms with E-state index in [9.17, 15) is 0 Å². The number of rotatable bonds is 0. The van der Waals surface area contributed by atoms with Gasteiger partial charge in [0.15, 0.2) is 0 Å². The molecule has 0 saturated heterocycles. The van der Waals surface area contributed by atoms with E-state index in [2.05, 4.69) is 0 Å². The zero-order chi connectivity index (χ0) is 7.15. The summed E-state index contributed by atoms with van der Waals surface area (Å²) in [7, 11) is -6.26. The molecule has 0 heterocycles. The maximum Gasteiger partial charge on any atom is 1.00 e. The summed E-state index contributed by atoms with van der Waals surface area (Å²) in [4.78, 5) is 28.6. The molecule has 0 aliphatic carbocycles. The van der Waals surface area contributed by atoms with E-state index in [0.29, 0.717) is 0 Å². The number of hydrogen-bond acceptors (Lipinski definition) is 2. The third kappa shape index (κ3) is 257. The molecule has 0 fully saturated rings. The Bertz CT molecular complexity index is 84.3. The standard InChI is InChI=1S/3Na.2H2O3Si.3H/c;;;2*1-4(2)3;;;/h;;;2*1-2H;;;/q3*+1;;;3*-1. The van der Waals surface area contributed by atoms with Crippen molar-refractivity contribution in [1.29, 1.82) is 0 Å². The van der Waals surface area contributed by atoms with Gasteiger partial charge in [0.2, 0.25) is 0 Å². The molecule has 0 bridgehead atoms. The molecule has 0 atom stereocenters. The Hall–Kier alpha value is 2.23. The van der Waals surface area contributed by atoms with Crippen LogP contribution in [0.1, 0.15) is 4.28 Å². The molecule has 0 unspecified atom stereocenters. The van der Waals surface area contributed by atoms with Crippen molar-refractivity contribution < 1.29 is 121 Å². The van der Waals surface area contributed by atoms with Crippen LogP contribution in [0.15, 0.2) is 0 Å². The van der Waals surface area contributed by atoms with Crippen molar-refractivity contribution >= 4 is 18.3 Å². The molecular weight excluding hydrogens is 221 g/mol. The van der Waals surface area contributed by atoms with Gasteiger partial charge in [-0.2, -0.15) is 0 Å². The van der Waals surface area contributed by atoms with Crippen molar-refractivity contribution in [3.05, 3.63) is 0 Å². The van der Waals surface area contributed by atoms with Gasteiger partial charge in [0.25, 0.3) is 0 Å². The molecule has 54 valence electrons. The normalized spacial score (nSPS) is 4.36. The van der Waals surface area contributed by atoms with Gasteiger partial charge in [-0.15, -0.1) is 0 Å². The topological polar surface area (TPSA) is 115 Å². The van der Waals surface area contributed by atoms with Crippen LogP contribution in [0.4, 0.5) is 0 Å². The van der Waals surface area contributed by atoms with E-state index in [1.807, 2.05) is 0 Å². The summed E-state index contributed by atoms with van der Waals surface area (Å²) in [5.74, 6) is 0. The summed E-state index contributed by atoms with van der Waals surface area (Å²) in [6.07, 6.45) is 0. The summed E-state index contributed by atoms with van der Waals surface area (Å²) in [6, 6.07) is 0. The molecule has 0 radical (unpaired) electrons. The molecule has 0 saturated carbocycles. The van der Waals surface area contributed by atoms with E-state index in [1.54, 1.807) is 0 Å². The molecular formula is H7Na3O6Si2. The first-order chi connectivity index (χ1) is 3.46. The van der Waals surface area contributed by atoms with E-state index in [4.69, 9.17) is 28.1 Å². The molecule has 0 aliphatic heterocycles. The summed E-state index contributed by atoms with van der Waals surface area (Å²) >= 11 is 0.